The molecule has 0 spiro atoms. The number of carbonyl (C=O) groups excluding carboxylic acids is 1. The Morgan fingerprint density at radius 2 is 2.31 bits per heavy atom. The highest BCUT2D eigenvalue weighted by molar-refractivity contribution is 5.83. The van der Waals surface area contributed by atoms with Gasteiger partial charge in [-0.05, 0) is 25.8 Å². The minimum Gasteiger partial charge on any atom is -0.325 e. The standard InChI is InChI=1S/C9H13N3O/c10-6-7-2-1-5-12(7)9(13)8-3-4-11-8/h7-8,11H,1-5H2. The molecular formula is C9H13N3O. The molecule has 13 heavy (non-hydrogen) atoms. The molecule has 2 unspecified atom stereocenters. The maximum Gasteiger partial charge on any atom is 0.240 e. The first-order chi connectivity index (χ1) is 6.33. The zero-order valence-corrected chi connectivity index (χ0v) is 7.49. The van der Waals surface area contributed by atoms with E-state index in [0.717, 1.165) is 32.4 Å². The van der Waals surface area contributed by atoms with Crippen molar-refractivity contribution in [3.8, 4) is 6.07 Å². The van der Waals surface area contributed by atoms with Crippen molar-refractivity contribution in [3.63, 3.8) is 0 Å². The Morgan fingerprint density at radius 3 is 2.85 bits per heavy atom. The molecular weight excluding hydrogens is 166 g/mol. The normalized spacial score (nSPS) is 32.4. The molecule has 0 bridgehead atoms. The SMILES string of the molecule is N#CC1CCCN1C(=O)C1CCN1. The highest BCUT2D eigenvalue weighted by atomic mass is 16.2. The van der Waals surface area contributed by atoms with Crippen molar-refractivity contribution in [2.24, 2.45) is 0 Å². The van der Waals surface area contributed by atoms with Crippen LogP contribution in [0.2, 0.25) is 0 Å². The first-order valence-corrected chi connectivity index (χ1v) is 4.76. The molecule has 4 nitrogen and oxygen atoms in total. The zero-order valence-electron chi connectivity index (χ0n) is 7.49. The Labute approximate surface area is 77.5 Å². The number of nitrogens with one attached hydrogen (secondary N) is 1. The summed E-state index contributed by atoms with van der Waals surface area (Å²) in [6.07, 6.45) is 2.74. The summed E-state index contributed by atoms with van der Waals surface area (Å²) in [7, 11) is 0. The molecule has 0 radical (unpaired) electrons. The van der Waals surface area contributed by atoms with Gasteiger partial charge in [-0.15, -0.1) is 0 Å². The summed E-state index contributed by atoms with van der Waals surface area (Å²) in [6.45, 7) is 1.69. The fourth-order valence-corrected chi connectivity index (χ4v) is 1.86. The third kappa shape index (κ3) is 1.40. The zero-order chi connectivity index (χ0) is 9.26. The van der Waals surface area contributed by atoms with Gasteiger partial charge in [0, 0.05) is 6.54 Å². The van der Waals surface area contributed by atoms with Crippen molar-refractivity contribution in [2.75, 3.05) is 13.1 Å². The Kier molecular flexibility index (Phi) is 2.19. The minimum atomic E-state index is -0.171. The Hall–Kier alpha value is -1.08. The van der Waals surface area contributed by atoms with Crippen LogP contribution in [0.4, 0.5) is 0 Å². The van der Waals surface area contributed by atoms with Crippen molar-refractivity contribution >= 4 is 5.91 Å². The Balaban J connectivity index is 1.99. The molecule has 2 saturated heterocycles. The van der Waals surface area contributed by atoms with Crippen LogP contribution in [0.15, 0.2) is 0 Å². The van der Waals surface area contributed by atoms with Crippen LogP contribution in [0.25, 0.3) is 0 Å². The number of amides is 1. The van der Waals surface area contributed by atoms with E-state index in [1.54, 1.807) is 4.90 Å². The van der Waals surface area contributed by atoms with Gasteiger partial charge in [-0.1, -0.05) is 0 Å². The Morgan fingerprint density at radius 1 is 1.54 bits per heavy atom. The van der Waals surface area contributed by atoms with Crippen molar-refractivity contribution in [1.82, 2.24) is 10.2 Å². The van der Waals surface area contributed by atoms with Crippen molar-refractivity contribution in [2.45, 2.75) is 31.3 Å². The average molecular weight is 179 g/mol. The first kappa shape index (κ1) is 8.52. The molecule has 2 rings (SSSR count). The summed E-state index contributed by atoms with van der Waals surface area (Å²) >= 11 is 0. The Bertz CT molecular complexity index is 254. The monoisotopic (exact) mass is 179 g/mol. The van der Waals surface area contributed by atoms with Crippen LogP contribution in [-0.4, -0.2) is 36.0 Å². The number of nitrogens with zero attached hydrogens (tertiary/aromatic N) is 2. The number of hydrogen-bond donors (Lipinski definition) is 1. The summed E-state index contributed by atoms with van der Waals surface area (Å²) in [5.74, 6) is 0.121. The highest BCUT2D eigenvalue weighted by Gasteiger charge is 2.35. The third-order valence-corrected chi connectivity index (χ3v) is 2.81. The van der Waals surface area contributed by atoms with Gasteiger partial charge < -0.3 is 10.2 Å². The molecule has 2 atom stereocenters. The minimum absolute atomic E-state index is 0.00560. The molecule has 2 aliphatic rings. The molecule has 2 heterocycles. The van der Waals surface area contributed by atoms with Gasteiger partial charge in [0.25, 0.3) is 0 Å². The molecule has 4 heteroatoms. The highest BCUT2D eigenvalue weighted by Crippen LogP contribution is 2.19. The van der Waals surface area contributed by atoms with Crippen LogP contribution >= 0.6 is 0 Å². The van der Waals surface area contributed by atoms with Crippen LogP contribution in [0, 0.1) is 11.3 Å². The van der Waals surface area contributed by atoms with Crippen molar-refractivity contribution in [3.05, 3.63) is 0 Å². The first-order valence-electron chi connectivity index (χ1n) is 4.76. The number of hydrogen-bond acceptors (Lipinski definition) is 3. The average Bonchev–Trinajstić information content (AvgIpc) is 2.47. The number of likely N-dealkylation sites (tertiary alicyclic amines) is 1. The van der Waals surface area contributed by atoms with Gasteiger partial charge >= 0.3 is 0 Å². The van der Waals surface area contributed by atoms with E-state index in [4.69, 9.17) is 5.26 Å². The fraction of sp³-hybridized carbons (Fsp3) is 0.778. The fourth-order valence-electron chi connectivity index (χ4n) is 1.86. The third-order valence-electron chi connectivity index (χ3n) is 2.81. The number of carbonyl (C=O) groups is 1. The molecule has 0 saturated carbocycles. The second-order valence-corrected chi connectivity index (χ2v) is 3.61. The van der Waals surface area contributed by atoms with Gasteiger partial charge in [-0.2, -0.15) is 5.26 Å². The number of nitriles is 1. The van der Waals surface area contributed by atoms with Crippen LogP contribution in [-0.2, 0) is 4.79 Å². The van der Waals surface area contributed by atoms with E-state index in [0.29, 0.717) is 0 Å². The maximum absolute atomic E-state index is 11.7. The summed E-state index contributed by atoms with van der Waals surface area (Å²) in [6, 6.07) is 2.00. The van der Waals surface area contributed by atoms with E-state index >= 15 is 0 Å². The summed E-state index contributed by atoms with van der Waals surface area (Å²) < 4.78 is 0. The second kappa shape index (κ2) is 3.35. The lowest BCUT2D eigenvalue weighted by Gasteiger charge is -2.31. The molecule has 0 aliphatic carbocycles. The van der Waals surface area contributed by atoms with Crippen molar-refractivity contribution in [1.29, 1.82) is 5.26 Å². The molecule has 0 aromatic rings. The van der Waals surface area contributed by atoms with Gasteiger partial charge in [-0.3, -0.25) is 4.79 Å². The van der Waals surface area contributed by atoms with E-state index in [1.165, 1.54) is 0 Å². The van der Waals surface area contributed by atoms with Crippen LogP contribution in [0.3, 0.4) is 0 Å². The molecule has 0 aromatic heterocycles. The molecule has 2 fully saturated rings. The smallest absolute Gasteiger partial charge is 0.240 e. The van der Waals surface area contributed by atoms with E-state index in [9.17, 15) is 4.79 Å². The van der Waals surface area contributed by atoms with Gasteiger partial charge in [0.1, 0.15) is 6.04 Å². The summed E-state index contributed by atoms with van der Waals surface area (Å²) in [4.78, 5) is 13.4. The predicted molar refractivity (Wildman–Crippen MR) is 46.8 cm³/mol. The van der Waals surface area contributed by atoms with E-state index in [1.807, 2.05) is 0 Å². The van der Waals surface area contributed by atoms with E-state index in [-0.39, 0.29) is 18.0 Å². The lowest BCUT2D eigenvalue weighted by atomic mass is 10.1. The van der Waals surface area contributed by atoms with Gasteiger partial charge in [-0.25, -0.2) is 0 Å². The molecule has 2 aliphatic heterocycles. The van der Waals surface area contributed by atoms with Gasteiger partial charge in [0.05, 0.1) is 12.1 Å². The molecule has 1 amide bonds. The molecule has 70 valence electrons. The quantitative estimate of drug-likeness (QED) is 0.609. The van der Waals surface area contributed by atoms with Crippen LogP contribution < -0.4 is 5.32 Å². The lowest BCUT2D eigenvalue weighted by molar-refractivity contribution is -0.135. The van der Waals surface area contributed by atoms with Crippen LogP contribution in [0.1, 0.15) is 19.3 Å². The molecule has 1 N–H and O–H groups in total. The lowest BCUT2D eigenvalue weighted by Crippen LogP contribution is -2.55. The molecule has 0 aromatic carbocycles. The number of rotatable bonds is 1. The maximum atomic E-state index is 11.7. The topological polar surface area (TPSA) is 56.1 Å². The van der Waals surface area contributed by atoms with Crippen molar-refractivity contribution < 1.29 is 4.79 Å². The predicted octanol–water partition coefficient (Wildman–Crippen LogP) is -0.137. The summed E-state index contributed by atoms with van der Waals surface area (Å²) in [5.41, 5.74) is 0. The van der Waals surface area contributed by atoms with E-state index < -0.39 is 0 Å². The second-order valence-electron chi connectivity index (χ2n) is 3.61. The largest absolute Gasteiger partial charge is 0.325 e. The van der Waals surface area contributed by atoms with Gasteiger partial charge in [0.15, 0.2) is 0 Å². The van der Waals surface area contributed by atoms with E-state index in [2.05, 4.69) is 11.4 Å². The van der Waals surface area contributed by atoms with Gasteiger partial charge in [0.2, 0.25) is 5.91 Å². The summed E-state index contributed by atoms with van der Waals surface area (Å²) in [5, 5.41) is 11.9. The van der Waals surface area contributed by atoms with Crippen LogP contribution in [0.5, 0.6) is 0 Å².